The Morgan fingerprint density at radius 3 is 2.93 bits per heavy atom. The third kappa shape index (κ3) is 1.19. The molecule has 1 aliphatic heterocycles. The summed E-state index contributed by atoms with van der Waals surface area (Å²) in [5, 5.41) is 13.6. The van der Waals surface area contributed by atoms with E-state index in [0.717, 1.165) is 21.3 Å². The third-order valence-electron chi connectivity index (χ3n) is 2.09. The first kappa shape index (κ1) is 8.55. The number of rotatable bonds is 0. The monoisotopic (exact) mass is 190 g/mol. The molecule has 2 rings (SSSR count). The molecule has 1 aliphatic carbocycles. The maximum absolute atomic E-state index is 9.16. The zero-order valence-electron chi connectivity index (χ0n) is 7.68. The third-order valence-corrected chi connectivity index (χ3v) is 2.09. The summed E-state index contributed by atoms with van der Waals surface area (Å²) in [7, 11) is 1.69. The number of nitrogen functional groups attached to an aromatic ring is 1. The highest BCUT2D eigenvalue weighted by atomic mass is 16.5. The number of aromatic nitrogens is 2. The van der Waals surface area contributed by atoms with E-state index in [2.05, 4.69) is 10.1 Å². The van der Waals surface area contributed by atoms with Gasteiger partial charge in [0.25, 0.3) is 0 Å². The average Bonchev–Trinajstić information content (AvgIpc) is 2.18. The highest BCUT2D eigenvalue weighted by Gasteiger charge is 2.08. The zero-order valence-corrected chi connectivity index (χ0v) is 7.68. The Morgan fingerprint density at radius 2 is 2.21 bits per heavy atom. The fourth-order valence-electron chi connectivity index (χ4n) is 1.38. The molecule has 0 spiro atoms. The Hall–Kier alpha value is -2.04. The van der Waals surface area contributed by atoms with E-state index < -0.39 is 0 Å². The molecule has 0 aromatic carbocycles. The van der Waals surface area contributed by atoms with Crippen LogP contribution in [0.5, 0.6) is 0 Å². The fourth-order valence-corrected chi connectivity index (χ4v) is 1.38. The van der Waals surface area contributed by atoms with E-state index >= 15 is 0 Å². The number of benzene rings is 1. The van der Waals surface area contributed by atoms with E-state index in [9.17, 15) is 0 Å². The van der Waals surface area contributed by atoms with Crippen molar-refractivity contribution in [2.75, 3.05) is 12.8 Å². The number of hydrogen-bond acceptors (Lipinski definition) is 4. The van der Waals surface area contributed by atoms with Crippen LogP contribution in [0.4, 0.5) is 5.69 Å². The Kier molecular flexibility index (Phi) is 1.85. The summed E-state index contributed by atoms with van der Waals surface area (Å²) in [4.78, 5) is 4.82. The smallest absolute Gasteiger partial charge is 0.0749 e. The van der Waals surface area contributed by atoms with E-state index in [0.29, 0.717) is 5.69 Å². The molecule has 0 unspecified atom stereocenters. The summed E-state index contributed by atoms with van der Waals surface area (Å²) >= 11 is 0. The highest BCUT2D eigenvalue weighted by Crippen LogP contribution is 2.21. The Bertz CT molecular complexity index is 503. The van der Waals surface area contributed by atoms with E-state index in [-0.39, 0.29) is 0 Å². The molecule has 0 saturated carbocycles. The van der Waals surface area contributed by atoms with Crippen LogP contribution in [-0.4, -0.2) is 22.2 Å². The lowest BCUT2D eigenvalue weighted by Gasteiger charge is -2.08. The SMILES string of the molecule is CN=c1ccc(N)c2cnn(O)cc1-2. The zero-order chi connectivity index (χ0) is 10.1. The topological polar surface area (TPSA) is 76.4 Å². The standard InChI is InChI=1S/C9H10N4O/c1-11-9-3-2-8(10)6-4-12-13(14)5-7(6)9/h2-5,14H,10H2,1H3. The first-order valence-corrected chi connectivity index (χ1v) is 4.11. The van der Waals surface area contributed by atoms with Gasteiger partial charge in [-0.15, -0.1) is 9.94 Å². The molecule has 14 heavy (non-hydrogen) atoms. The molecule has 5 nitrogen and oxygen atoms in total. The van der Waals surface area contributed by atoms with Crippen LogP contribution >= 0.6 is 0 Å². The Morgan fingerprint density at radius 1 is 1.43 bits per heavy atom. The molecule has 1 heterocycles. The molecule has 0 atom stereocenters. The van der Waals surface area contributed by atoms with Gasteiger partial charge in [0.1, 0.15) is 0 Å². The van der Waals surface area contributed by atoms with Crippen molar-refractivity contribution in [3.05, 3.63) is 29.9 Å². The van der Waals surface area contributed by atoms with Crippen molar-refractivity contribution in [2.24, 2.45) is 4.99 Å². The first-order chi connectivity index (χ1) is 6.72. The minimum Gasteiger partial charge on any atom is -0.412 e. The second kappa shape index (κ2) is 3.02. The molecule has 2 aliphatic rings. The van der Waals surface area contributed by atoms with Gasteiger partial charge in [0.2, 0.25) is 0 Å². The molecule has 0 aromatic heterocycles. The average molecular weight is 190 g/mol. The molecule has 0 amide bonds. The first-order valence-electron chi connectivity index (χ1n) is 4.11. The summed E-state index contributed by atoms with van der Waals surface area (Å²) < 4.78 is 0. The van der Waals surface area contributed by atoms with Crippen LogP contribution in [0, 0.1) is 0 Å². The van der Waals surface area contributed by atoms with Gasteiger partial charge in [-0.2, -0.15) is 0 Å². The molecule has 0 radical (unpaired) electrons. The molecular formula is C9H10N4O. The summed E-state index contributed by atoms with van der Waals surface area (Å²) in [5.74, 6) is 0. The summed E-state index contributed by atoms with van der Waals surface area (Å²) in [5.41, 5.74) is 7.96. The van der Waals surface area contributed by atoms with Crippen LogP contribution in [0.25, 0.3) is 11.1 Å². The van der Waals surface area contributed by atoms with Crippen molar-refractivity contribution >= 4 is 5.69 Å². The number of fused-ring (bicyclic) bond motifs is 1. The van der Waals surface area contributed by atoms with Gasteiger partial charge in [-0.1, -0.05) is 0 Å². The number of hydrogen-bond donors (Lipinski definition) is 2. The van der Waals surface area contributed by atoms with Gasteiger partial charge in [-0.25, -0.2) is 0 Å². The molecule has 0 saturated heterocycles. The normalized spacial score (nSPS) is 12.2. The predicted molar refractivity (Wildman–Crippen MR) is 51.9 cm³/mol. The molecule has 0 fully saturated rings. The lowest BCUT2D eigenvalue weighted by molar-refractivity contribution is 0.144. The van der Waals surface area contributed by atoms with Gasteiger partial charge < -0.3 is 10.9 Å². The van der Waals surface area contributed by atoms with Crippen molar-refractivity contribution in [1.82, 2.24) is 9.94 Å². The number of anilines is 1. The van der Waals surface area contributed by atoms with Gasteiger partial charge in [-0.3, -0.25) is 4.99 Å². The highest BCUT2D eigenvalue weighted by molar-refractivity contribution is 5.75. The Balaban J connectivity index is 2.91. The van der Waals surface area contributed by atoms with Crippen LogP contribution in [0.1, 0.15) is 0 Å². The van der Waals surface area contributed by atoms with Crippen LogP contribution in [-0.2, 0) is 0 Å². The van der Waals surface area contributed by atoms with Crippen molar-refractivity contribution < 1.29 is 5.21 Å². The van der Waals surface area contributed by atoms with Crippen molar-refractivity contribution in [3.63, 3.8) is 0 Å². The minimum absolute atomic E-state index is 0.625. The van der Waals surface area contributed by atoms with Crippen LogP contribution in [0.3, 0.4) is 0 Å². The lowest BCUT2D eigenvalue weighted by Crippen LogP contribution is -2.12. The van der Waals surface area contributed by atoms with Crippen molar-refractivity contribution in [1.29, 1.82) is 0 Å². The number of nitrogens with zero attached hydrogens (tertiary/aromatic N) is 3. The summed E-state index contributed by atoms with van der Waals surface area (Å²) in [6.07, 6.45) is 2.99. The van der Waals surface area contributed by atoms with Gasteiger partial charge in [0.15, 0.2) is 0 Å². The fraction of sp³-hybridized carbons (Fsp3) is 0.111. The largest absolute Gasteiger partial charge is 0.412 e. The van der Waals surface area contributed by atoms with Crippen LogP contribution in [0.15, 0.2) is 29.5 Å². The minimum atomic E-state index is 0.625. The van der Waals surface area contributed by atoms with Crippen molar-refractivity contribution in [3.8, 4) is 11.1 Å². The van der Waals surface area contributed by atoms with Gasteiger partial charge >= 0.3 is 0 Å². The molecular weight excluding hydrogens is 180 g/mol. The van der Waals surface area contributed by atoms with Crippen molar-refractivity contribution in [2.45, 2.75) is 0 Å². The number of nitrogens with two attached hydrogens (primary N) is 1. The van der Waals surface area contributed by atoms with Crippen LogP contribution in [0.2, 0.25) is 0 Å². The lowest BCUT2D eigenvalue weighted by atomic mass is 10.1. The van der Waals surface area contributed by atoms with E-state index in [1.165, 1.54) is 12.4 Å². The van der Waals surface area contributed by atoms with E-state index in [1.54, 1.807) is 19.2 Å². The summed E-state index contributed by atoms with van der Waals surface area (Å²) in [6.45, 7) is 0. The maximum Gasteiger partial charge on any atom is 0.0749 e. The second-order valence-corrected chi connectivity index (χ2v) is 2.92. The van der Waals surface area contributed by atoms with Gasteiger partial charge in [-0.05, 0) is 12.1 Å². The predicted octanol–water partition coefficient (Wildman–Crippen LogP) is 0.338. The van der Waals surface area contributed by atoms with E-state index in [4.69, 9.17) is 10.9 Å². The maximum atomic E-state index is 9.16. The quantitative estimate of drug-likeness (QED) is 0.464. The molecule has 0 aromatic rings. The molecule has 0 bridgehead atoms. The van der Waals surface area contributed by atoms with Gasteiger partial charge in [0.05, 0.1) is 17.8 Å². The Labute approximate surface area is 80.4 Å². The second-order valence-electron chi connectivity index (χ2n) is 2.92. The molecule has 3 N–H and O–H groups in total. The molecule has 5 heteroatoms. The molecule has 72 valence electrons. The van der Waals surface area contributed by atoms with E-state index in [1.807, 2.05) is 0 Å². The van der Waals surface area contributed by atoms with Crippen LogP contribution < -0.4 is 11.1 Å². The van der Waals surface area contributed by atoms with Gasteiger partial charge in [0, 0.05) is 23.9 Å². The summed E-state index contributed by atoms with van der Waals surface area (Å²) in [6, 6.07) is 3.58.